The van der Waals surface area contributed by atoms with Crippen molar-refractivity contribution < 1.29 is 4.79 Å². The van der Waals surface area contributed by atoms with E-state index in [0.29, 0.717) is 24.4 Å². The molecule has 1 aromatic carbocycles. The third kappa shape index (κ3) is 5.35. The van der Waals surface area contributed by atoms with Crippen LogP contribution < -0.4 is 5.32 Å². The lowest BCUT2D eigenvalue weighted by Crippen LogP contribution is -2.36. The zero-order valence-corrected chi connectivity index (χ0v) is 15.4. The van der Waals surface area contributed by atoms with Gasteiger partial charge in [0.1, 0.15) is 0 Å². The molecule has 3 heteroatoms. The van der Waals surface area contributed by atoms with E-state index in [2.05, 4.69) is 63.0 Å². The molecule has 128 valence electrons. The van der Waals surface area contributed by atoms with Crippen LogP contribution in [-0.2, 0) is 4.79 Å². The summed E-state index contributed by atoms with van der Waals surface area (Å²) < 4.78 is 0. The standard InChI is InChI=1S/C20H32N2O/c1-14(2)11-12-22(17-9-10-17)13-19(23)21-20-16(5)7-6-8-18(20)15(3)4/h6-8,14-15,17H,9-13H2,1-5H3,(H,21,23). The molecule has 0 spiro atoms. The molecule has 2 rings (SSSR count). The summed E-state index contributed by atoms with van der Waals surface area (Å²) in [5, 5.41) is 3.18. The number of nitrogens with one attached hydrogen (secondary N) is 1. The molecule has 0 heterocycles. The molecule has 23 heavy (non-hydrogen) atoms. The van der Waals surface area contributed by atoms with Gasteiger partial charge in [-0.25, -0.2) is 0 Å². The van der Waals surface area contributed by atoms with Crippen molar-refractivity contribution in [2.24, 2.45) is 5.92 Å². The summed E-state index contributed by atoms with van der Waals surface area (Å²) in [6, 6.07) is 6.88. The monoisotopic (exact) mass is 316 g/mol. The number of hydrogen-bond donors (Lipinski definition) is 1. The summed E-state index contributed by atoms with van der Waals surface area (Å²) in [6.07, 6.45) is 3.64. The van der Waals surface area contributed by atoms with Crippen molar-refractivity contribution in [3.63, 3.8) is 0 Å². The molecule has 0 bridgehead atoms. The fraction of sp³-hybridized carbons (Fsp3) is 0.650. The minimum atomic E-state index is 0.122. The second-order valence-corrected chi connectivity index (χ2v) is 7.63. The topological polar surface area (TPSA) is 32.3 Å². The van der Waals surface area contributed by atoms with Crippen LogP contribution in [0.4, 0.5) is 5.69 Å². The molecule has 1 aliphatic carbocycles. The third-order valence-electron chi connectivity index (χ3n) is 4.60. The van der Waals surface area contributed by atoms with Gasteiger partial charge in [-0.1, -0.05) is 45.9 Å². The molecule has 0 unspecified atom stereocenters. The Kier molecular flexibility index (Phi) is 6.23. The maximum atomic E-state index is 12.6. The lowest BCUT2D eigenvalue weighted by Gasteiger charge is -2.23. The molecule has 0 aliphatic heterocycles. The molecule has 1 amide bonds. The smallest absolute Gasteiger partial charge is 0.238 e. The molecule has 1 fully saturated rings. The van der Waals surface area contributed by atoms with Gasteiger partial charge in [0.15, 0.2) is 0 Å². The first-order valence-corrected chi connectivity index (χ1v) is 9.02. The van der Waals surface area contributed by atoms with Crippen molar-refractivity contribution in [1.29, 1.82) is 0 Å². The minimum Gasteiger partial charge on any atom is -0.324 e. The highest BCUT2D eigenvalue weighted by Crippen LogP contribution is 2.29. The number of rotatable bonds is 8. The van der Waals surface area contributed by atoms with E-state index in [0.717, 1.165) is 24.2 Å². The first-order valence-electron chi connectivity index (χ1n) is 9.02. The fourth-order valence-electron chi connectivity index (χ4n) is 2.96. The van der Waals surface area contributed by atoms with Crippen molar-refractivity contribution in [2.45, 2.75) is 65.8 Å². The van der Waals surface area contributed by atoms with E-state index in [1.165, 1.54) is 18.4 Å². The van der Waals surface area contributed by atoms with E-state index in [4.69, 9.17) is 0 Å². The quantitative estimate of drug-likeness (QED) is 0.762. The zero-order chi connectivity index (χ0) is 17.0. The Bertz CT molecular complexity index is 532. The summed E-state index contributed by atoms with van der Waals surface area (Å²) in [4.78, 5) is 14.9. The SMILES string of the molecule is Cc1cccc(C(C)C)c1NC(=O)CN(CCC(C)C)C1CC1. The summed E-state index contributed by atoms with van der Waals surface area (Å²) in [5.74, 6) is 1.21. The van der Waals surface area contributed by atoms with Crippen LogP contribution in [0.15, 0.2) is 18.2 Å². The van der Waals surface area contributed by atoms with Gasteiger partial charge in [0.25, 0.3) is 0 Å². The molecule has 1 aliphatic rings. The molecule has 0 atom stereocenters. The van der Waals surface area contributed by atoms with Crippen molar-refractivity contribution in [3.05, 3.63) is 29.3 Å². The normalized spacial score (nSPS) is 14.8. The Morgan fingerprint density at radius 1 is 1.26 bits per heavy atom. The maximum absolute atomic E-state index is 12.6. The van der Waals surface area contributed by atoms with Crippen molar-refractivity contribution >= 4 is 11.6 Å². The number of para-hydroxylation sites is 1. The van der Waals surface area contributed by atoms with E-state index in [1.54, 1.807) is 0 Å². The molecular weight excluding hydrogens is 284 g/mol. The predicted molar refractivity (Wildman–Crippen MR) is 97.9 cm³/mol. The Balaban J connectivity index is 2.01. The van der Waals surface area contributed by atoms with Gasteiger partial charge in [-0.05, 0) is 55.7 Å². The van der Waals surface area contributed by atoms with Crippen LogP contribution in [0.2, 0.25) is 0 Å². The Morgan fingerprint density at radius 3 is 2.52 bits per heavy atom. The van der Waals surface area contributed by atoms with Crippen LogP contribution in [0.5, 0.6) is 0 Å². The molecule has 1 saturated carbocycles. The van der Waals surface area contributed by atoms with E-state index in [-0.39, 0.29) is 5.91 Å². The number of benzene rings is 1. The summed E-state index contributed by atoms with van der Waals surface area (Å²) in [7, 11) is 0. The zero-order valence-electron chi connectivity index (χ0n) is 15.4. The molecule has 0 aromatic heterocycles. The second-order valence-electron chi connectivity index (χ2n) is 7.63. The third-order valence-corrected chi connectivity index (χ3v) is 4.60. The average Bonchev–Trinajstić information content (AvgIpc) is 3.29. The van der Waals surface area contributed by atoms with Gasteiger partial charge in [0.2, 0.25) is 5.91 Å². The molecule has 1 aromatic rings. The number of aryl methyl sites for hydroxylation is 1. The number of carbonyl (C=O) groups is 1. The largest absolute Gasteiger partial charge is 0.324 e. The van der Waals surface area contributed by atoms with Gasteiger partial charge < -0.3 is 5.32 Å². The van der Waals surface area contributed by atoms with E-state index in [1.807, 2.05) is 0 Å². The Labute approximate surface area is 141 Å². The van der Waals surface area contributed by atoms with Crippen LogP contribution in [0.1, 0.15) is 64.0 Å². The second kappa shape index (κ2) is 7.96. The van der Waals surface area contributed by atoms with E-state index < -0.39 is 0 Å². The number of amides is 1. The Morgan fingerprint density at radius 2 is 1.96 bits per heavy atom. The van der Waals surface area contributed by atoms with Gasteiger partial charge >= 0.3 is 0 Å². The molecule has 3 nitrogen and oxygen atoms in total. The number of carbonyl (C=O) groups excluding carboxylic acids is 1. The van der Waals surface area contributed by atoms with Crippen LogP contribution >= 0.6 is 0 Å². The van der Waals surface area contributed by atoms with Gasteiger partial charge in [0, 0.05) is 11.7 Å². The van der Waals surface area contributed by atoms with Crippen LogP contribution in [0, 0.1) is 12.8 Å². The van der Waals surface area contributed by atoms with Gasteiger partial charge in [-0.3, -0.25) is 9.69 Å². The van der Waals surface area contributed by atoms with Crippen molar-refractivity contribution in [3.8, 4) is 0 Å². The lowest BCUT2D eigenvalue weighted by molar-refractivity contribution is -0.117. The minimum absolute atomic E-state index is 0.122. The summed E-state index contributed by atoms with van der Waals surface area (Å²) in [6.45, 7) is 12.4. The molecule has 0 radical (unpaired) electrons. The van der Waals surface area contributed by atoms with Gasteiger partial charge in [-0.15, -0.1) is 0 Å². The molecule has 0 saturated heterocycles. The first-order chi connectivity index (χ1) is 10.9. The Hall–Kier alpha value is -1.35. The highest BCUT2D eigenvalue weighted by molar-refractivity contribution is 5.94. The van der Waals surface area contributed by atoms with Crippen molar-refractivity contribution in [2.75, 3.05) is 18.4 Å². The van der Waals surface area contributed by atoms with E-state index in [9.17, 15) is 4.79 Å². The first kappa shape index (κ1) is 18.0. The molecular formula is C20H32N2O. The summed E-state index contributed by atoms with van der Waals surface area (Å²) in [5.41, 5.74) is 3.37. The fourth-order valence-corrected chi connectivity index (χ4v) is 2.96. The number of anilines is 1. The maximum Gasteiger partial charge on any atom is 0.238 e. The predicted octanol–water partition coefficient (Wildman–Crippen LogP) is 4.57. The van der Waals surface area contributed by atoms with Crippen LogP contribution in [-0.4, -0.2) is 29.9 Å². The van der Waals surface area contributed by atoms with Crippen molar-refractivity contribution in [1.82, 2.24) is 4.90 Å². The highest BCUT2D eigenvalue weighted by Gasteiger charge is 2.30. The number of hydrogen-bond acceptors (Lipinski definition) is 2. The molecule has 1 N–H and O–H groups in total. The van der Waals surface area contributed by atoms with Gasteiger partial charge in [0.05, 0.1) is 6.54 Å². The summed E-state index contributed by atoms with van der Waals surface area (Å²) >= 11 is 0. The number of nitrogens with zero attached hydrogens (tertiary/aromatic N) is 1. The average molecular weight is 316 g/mol. The van der Waals surface area contributed by atoms with Gasteiger partial charge in [-0.2, -0.15) is 0 Å². The van der Waals surface area contributed by atoms with Crippen LogP contribution in [0.25, 0.3) is 0 Å². The van der Waals surface area contributed by atoms with Crippen LogP contribution in [0.3, 0.4) is 0 Å². The lowest BCUT2D eigenvalue weighted by atomic mass is 9.98. The van der Waals surface area contributed by atoms with E-state index >= 15 is 0 Å². The highest BCUT2D eigenvalue weighted by atomic mass is 16.2.